The third-order valence-electron chi connectivity index (χ3n) is 7.81. The molecule has 1 N–H and O–H groups in total. The second-order valence-corrected chi connectivity index (χ2v) is 12.1. The van der Waals surface area contributed by atoms with Crippen LogP contribution in [-0.4, -0.2) is 46.9 Å². The fourth-order valence-corrected chi connectivity index (χ4v) is 7.45. The Morgan fingerprint density at radius 3 is 2.44 bits per heavy atom. The van der Waals surface area contributed by atoms with Crippen LogP contribution in [0.2, 0.25) is 0 Å². The molecule has 0 radical (unpaired) electrons. The van der Waals surface area contributed by atoms with Gasteiger partial charge in [0.2, 0.25) is 0 Å². The lowest BCUT2D eigenvalue weighted by molar-refractivity contribution is 0.0747. The molecule has 5 nitrogen and oxygen atoms in total. The number of thiophene rings is 1. The van der Waals surface area contributed by atoms with Crippen molar-refractivity contribution in [3.05, 3.63) is 54.1 Å². The second kappa shape index (κ2) is 10.4. The molecule has 2 aromatic rings. The molecule has 1 unspecified atom stereocenters. The van der Waals surface area contributed by atoms with Crippen LogP contribution in [0.1, 0.15) is 88.4 Å². The van der Waals surface area contributed by atoms with E-state index in [2.05, 4.69) is 37.6 Å². The maximum atomic E-state index is 13.7. The molecule has 1 atom stereocenters. The third-order valence-corrected chi connectivity index (χ3v) is 9.36. The van der Waals surface area contributed by atoms with Crippen molar-refractivity contribution in [3.8, 4) is 0 Å². The third kappa shape index (κ3) is 5.18. The molecular weight excluding hydrogens is 442 g/mol. The highest BCUT2D eigenvalue weighted by Crippen LogP contribution is 2.42. The fourth-order valence-electron chi connectivity index (χ4n) is 5.96. The molecule has 0 aromatic carbocycles. The molecule has 34 heavy (non-hydrogen) atoms. The number of aromatic nitrogens is 1. The number of hydrogen-bond acceptors (Lipinski definition) is 4. The lowest BCUT2D eigenvalue weighted by atomic mass is 9.83. The monoisotopic (exact) mass is 483 g/mol. The van der Waals surface area contributed by atoms with Crippen LogP contribution >= 0.6 is 11.3 Å². The molecule has 4 heterocycles. The minimum Gasteiger partial charge on any atom is -0.334 e. The van der Waals surface area contributed by atoms with Crippen molar-refractivity contribution in [2.45, 2.75) is 79.7 Å². The van der Waals surface area contributed by atoms with E-state index in [0.29, 0.717) is 30.5 Å². The van der Waals surface area contributed by atoms with Gasteiger partial charge in [0.15, 0.2) is 0 Å². The summed E-state index contributed by atoms with van der Waals surface area (Å²) in [7, 11) is 0. The van der Waals surface area contributed by atoms with E-state index in [-0.39, 0.29) is 11.5 Å². The summed E-state index contributed by atoms with van der Waals surface area (Å²) in [6.45, 7) is 17.6. The fraction of sp³-hybridized carbons (Fsp3) is 0.643. The van der Waals surface area contributed by atoms with Gasteiger partial charge in [-0.05, 0) is 94.5 Å². The first-order valence-corrected chi connectivity index (χ1v) is 13.8. The molecule has 4 rings (SSSR count). The van der Waals surface area contributed by atoms with E-state index < -0.39 is 0 Å². The van der Waals surface area contributed by atoms with Crippen LogP contribution in [0.4, 0.5) is 0 Å². The van der Waals surface area contributed by atoms with Gasteiger partial charge in [-0.2, -0.15) is 0 Å². The molecule has 186 valence electrons. The van der Waals surface area contributed by atoms with Gasteiger partial charge in [-0.1, -0.05) is 20.8 Å². The number of fused-ring (bicyclic) bond motifs is 1. The summed E-state index contributed by atoms with van der Waals surface area (Å²) >= 11 is 1.88. The van der Waals surface area contributed by atoms with Gasteiger partial charge in [0.05, 0.1) is 12.1 Å². The number of piperidine rings is 1. The Hall–Kier alpha value is -1.92. The summed E-state index contributed by atoms with van der Waals surface area (Å²) in [5.41, 5.74) is 4.55. The topological polar surface area (TPSA) is 56.4 Å². The number of pyridine rings is 1. The van der Waals surface area contributed by atoms with Gasteiger partial charge in [0.1, 0.15) is 0 Å². The normalized spacial score (nSPS) is 18.9. The molecule has 2 aliphatic rings. The van der Waals surface area contributed by atoms with Gasteiger partial charge < -0.3 is 14.8 Å². The van der Waals surface area contributed by atoms with E-state index in [0.717, 1.165) is 35.6 Å². The molecule has 1 fully saturated rings. The first-order valence-electron chi connectivity index (χ1n) is 13.0. The predicted molar refractivity (Wildman–Crippen MR) is 141 cm³/mol. The standard InChI is InChI=1S/C28H41N3O2S/c1-17(2)15-30-12-9-22(10-13-30)20(5)26-21(6)25-24(34-26)8-7-11-31(28(25)33)16-23-18(3)14-19(4)29-27(23)32/h14,17,20,22H,7-13,15-16H2,1-6H3,(H,29,32). The number of H-pyrrole nitrogens is 1. The lowest BCUT2D eigenvalue weighted by Crippen LogP contribution is -2.37. The predicted octanol–water partition coefficient (Wildman–Crippen LogP) is 5.42. The molecule has 2 aromatic heterocycles. The van der Waals surface area contributed by atoms with Crippen LogP contribution in [0.3, 0.4) is 0 Å². The maximum Gasteiger partial charge on any atom is 0.255 e. The van der Waals surface area contributed by atoms with Gasteiger partial charge in [-0.3, -0.25) is 9.59 Å². The summed E-state index contributed by atoms with van der Waals surface area (Å²) in [5.74, 6) is 1.99. The largest absolute Gasteiger partial charge is 0.334 e. The number of carbonyl (C=O) groups excluding carboxylic acids is 1. The van der Waals surface area contributed by atoms with Gasteiger partial charge in [-0.25, -0.2) is 0 Å². The van der Waals surface area contributed by atoms with Crippen LogP contribution in [0.5, 0.6) is 0 Å². The molecule has 0 spiro atoms. The van der Waals surface area contributed by atoms with Crippen LogP contribution in [0.15, 0.2) is 10.9 Å². The summed E-state index contributed by atoms with van der Waals surface area (Å²) in [6.07, 6.45) is 4.38. The second-order valence-electron chi connectivity index (χ2n) is 11.0. The Balaban J connectivity index is 1.53. The number of nitrogens with one attached hydrogen (secondary N) is 1. The zero-order valence-corrected chi connectivity index (χ0v) is 22.6. The Bertz CT molecular complexity index is 1090. The highest BCUT2D eigenvalue weighted by Gasteiger charge is 2.33. The Morgan fingerprint density at radius 2 is 1.79 bits per heavy atom. The molecule has 1 saturated heterocycles. The van der Waals surface area contributed by atoms with Crippen molar-refractivity contribution in [3.63, 3.8) is 0 Å². The van der Waals surface area contributed by atoms with E-state index in [1.54, 1.807) is 0 Å². The highest BCUT2D eigenvalue weighted by atomic mass is 32.1. The summed E-state index contributed by atoms with van der Waals surface area (Å²) in [5, 5.41) is 0. The minimum atomic E-state index is -0.0741. The van der Waals surface area contributed by atoms with Gasteiger partial charge in [0, 0.05) is 34.1 Å². The van der Waals surface area contributed by atoms with Crippen LogP contribution in [0.25, 0.3) is 0 Å². The van der Waals surface area contributed by atoms with Crippen molar-refractivity contribution in [2.75, 3.05) is 26.2 Å². The van der Waals surface area contributed by atoms with Crippen LogP contribution in [0, 0.1) is 32.6 Å². The molecule has 0 aliphatic carbocycles. The summed E-state index contributed by atoms with van der Waals surface area (Å²) in [6, 6.07) is 1.99. The van der Waals surface area contributed by atoms with Gasteiger partial charge >= 0.3 is 0 Å². The number of rotatable bonds is 6. The number of likely N-dealkylation sites (tertiary alicyclic amines) is 1. The van der Waals surface area contributed by atoms with E-state index in [4.69, 9.17) is 0 Å². The van der Waals surface area contributed by atoms with Gasteiger partial charge in [0.25, 0.3) is 11.5 Å². The van der Waals surface area contributed by atoms with Crippen molar-refractivity contribution >= 4 is 17.2 Å². The first-order chi connectivity index (χ1) is 16.2. The highest BCUT2D eigenvalue weighted by molar-refractivity contribution is 7.12. The molecule has 1 amide bonds. The zero-order chi connectivity index (χ0) is 24.6. The zero-order valence-electron chi connectivity index (χ0n) is 21.8. The van der Waals surface area contributed by atoms with E-state index >= 15 is 0 Å². The number of hydrogen-bond donors (Lipinski definition) is 1. The number of amides is 1. The number of nitrogens with zero attached hydrogens (tertiary/aromatic N) is 2. The SMILES string of the molecule is Cc1cc(C)c(CN2CCCc3sc(C(C)C4CCN(CC(C)C)CC4)c(C)c3C2=O)c(=O)[nH]1. The van der Waals surface area contributed by atoms with Crippen molar-refractivity contribution in [2.24, 2.45) is 11.8 Å². The number of aromatic amines is 1. The molecule has 0 saturated carbocycles. The number of aryl methyl sites for hydroxylation is 3. The smallest absolute Gasteiger partial charge is 0.255 e. The average molecular weight is 484 g/mol. The number of carbonyl (C=O) groups is 1. The quantitative estimate of drug-likeness (QED) is 0.597. The van der Waals surface area contributed by atoms with Crippen molar-refractivity contribution < 1.29 is 4.79 Å². The van der Waals surface area contributed by atoms with Gasteiger partial charge in [-0.15, -0.1) is 11.3 Å². The lowest BCUT2D eigenvalue weighted by Gasteiger charge is -2.35. The molecule has 6 heteroatoms. The van der Waals surface area contributed by atoms with Crippen molar-refractivity contribution in [1.29, 1.82) is 0 Å². The Morgan fingerprint density at radius 1 is 1.09 bits per heavy atom. The minimum absolute atomic E-state index is 0.0741. The average Bonchev–Trinajstić information content (AvgIpc) is 3.01. The van der Waals surface area contributed by atoms with E-state index in [1.807, 2.05) is 36.2 Å². The van der Waals surface area contributed by atoms with E-state index in [1.165, 1.54) is 47.8 Å². The Kier molecular flexibility index (Phi) is 7.68. The van der Waals surface area contributed by atoms with E-state index in [9.17, 15) is 9.59 Å². The molecule has 2 aliphatic heterocycles. The first kappa shape index (κ1) is 25.2. The summed E-state index contributed by atoms with van der Waals surface area (Å²) in [4.78, 5) is 36.4. The van der Waals surface area contributed by atoms with Crippen LogP contribution < -0.4 is 5.56 Å². The van der Waals surface area contributed by atoms with Crippen molar-refractivity contribution in [1.82, 2.24) is 14.8 Å². The maximum absolute atomic E-state index is 13.7. The van der Waals surface area contributed by atoms with Crippen LogP contribution in [-0.2, 0) is 13.0 Å². The summed E-state index contributed by atoms with van der Waals surface area (Å²) < 4.78 is 0. The molecule has 0 bridgehead atoms. The Labute approximate surface area is 208 Å². The molecular formula is C28H41N3O2S.